The Morgan fingerprint density at radius 2 is 2.29 bits per heavy atom. The van der Waals surface area contributed by atoms with E-state index in [-0.39, 0.29) is 5.91 Å². The largest absolute Gasteiger partial charge is 0.338 e. The molecule has 110 valence electrons. The number of halogens is 1. The second-order valence-electron chi connectivity index (χ2n) is 5.61. The van der Waals surface area contributed by atoms with Gasteiger partial charge in [0, 0.05) is 28.6 Å². The van der Waals surface area contributed by atoms with Crippen molar-refractivity contribution in [3.8, 4) is 0 Å². The van der Waals surface area contributed by atoms with Gasteiger partial charge in [0.1, 0.15) is 0 Å². The summed E-state index contributed by atoms with van der Waals surface area (Å²) in [5, 5.41) is 0.899. The number of fused-ring (bicyclic) bond motifs is 1. The van der Waals surface area contributed by atoms with Crippen LogP contribution in [0.4, 0.5) is 0 Å². The third kappa shape index (κ3) is 2.80. The molecule has 1 saturated heterocycles. The maximum atomic E-state index is 12.8. The van der Waals surface area contributed by atoms with E-state index in [0.29, 0.717) is 12.5 Å². The maximum Gasteiger partial charge on any atom is 0.254 e. The van der Waals surface area contributed by atoms with Gasteiger partial charge < -0.3 is 10.6 Å². The van der Waals surface area contributed by atoms with Gasteiger partial charge in [-0.15, -0.1) is 0 Å². The number of likely N-dealkylation sites (tertiary alicyclic amines) is 1. The molecule has 1 fully saturated rings. The quantitative estimate of drug-likeness (QED) is 0.908. The van der Waals surface area contributed by atoms with Crippen molar-refractivity contribution >= 4 is 32.7 Å². The zero-order valence-corrected chi connectivity index (χ0v) is 13.6. The highest BCUT2D eigenvalue weighted by Crippen LogP contribution is 2.26. The minimum atomic E-state index is 0.0829. The molecule has 1 amide bonds. The predicted octanol–water partition coefficient (Wildman–Crippen LogP) is 2.73. The van der Waals surface area contributed by atoms with Crippen LogP contribution in [0.15, 0.2) is 28.7 Å². The molecule has 2 N–H and O–H groups in total. The fraction of sp³-hybridized carbons (Fsp3) is 0.375. The Balaban J connectivity index is 2.03. The van der Waals surface area contributed by atoms with Crippen molar-refractivity contribution in [2.45, 2.75) is 13.3 Å². The van der Waals surface area contributed by atoms with Gasteiger partial charge in [0.25, 0.3) is 5.91 Å². The lowest BCUT2D eigenvalue weighted by molar-refractivity contribution is 0.0789. The highest BCUT2D eigenvalue weighted by molar-refractivity contribution is 9.10. The fourth-order valence-electron chi connectivity index (χ4n) is 2.89. The van der Waals surface area contributed by atoms with Crippen molar-refractivity contribution in [1.82, 2.24) is 9.88 Å². The van der Waals surface area contributed by atoms with Crippen molar-refractivity contribution < 1.29 is 4.79 Å². The Morgan fingerprint density at radius 1 is 1.48 bits per heavy atom. The number of rotatable bonds is 2. The number of aromatic nitrogens is 1. The van der Waals surface area contributed by atoms with Gasteiger partial charge in [-0.2, -0.15) is 0 Å². The molecule has 0 aliphatic carbocycles. The summed E-state index contributed by atoms with van der Waals surface area (Å²) in [6, 6.07) is 7.73. The second kappa shape index (κ2) is 5.73. The first-order valence-corrected chi connectivity index (χ1v) is 7.94. The summed E-state index contributed by atoms with van der Waals surface area (Å²) in [6.07, 6.45) is 0.994. The van der Waals surface area contributed by atoms with E-state index in [1.807, 2.05) is 36.1 Å². The smallest absolute Gasteiger partial charge is 0.254 e. The highest BCUT2D eigenvalue weighted by atomic mass is 79.9. The van der Waals surface area contributed by atoms with Crippen molar-refractivity contribution in [3.05, 3.63) is 40.0 Å². The summed E-state index contributed by atoms with van der Waals surface area (Å²) in [6.45, 7) is 4.11. The maximum absolute atomic E-state index is 12.8. The Bertz CT molecular complexity index is 701. The zero-order valence-electron chi connectivity index (χ0n) is 12.0. The SMILES string of the molecule is Cc1cc(C(=O)N2CC[C@H](CN)C2)c2cc(Br)ccc2n1. The molecule has 1 aliphatic rings. The normalized spacial score (nSPS) is 18.4. The number of aryl methyl sites for hydroxylation is 1. The van der Waals surface area contributed by atoms with Crippen LogP contribution in [0.1, 0.15) is 22.5 Å². The van der Waals surface area contributed by atoms with E-state index in [2.05, 4.69) is 20.9 Å². The molecule has 4 nitrogen and oxygen atoms in total. The number of nitrogens with two attached hydrogens (primary N) is 1. The molecular weight excluding hydrogens is 330 g/mol. The molecule has 1 atom stereocenters. The summed E-state index contributed by atoms with van der Waals surface area (Å²) in [5.41, 5.74) is 8.17. The molecular formula is C16H18BrN3O. The van der Waals surface area contributed by atoms with Crippen LogP contribution in [0.25, 0.3) is 10.9 Å². The molecule has 1 aromatic carbocycles. The van der Waals surface area contributed by atoms with Gasteiger partial charge in [-0.1, -0.05) is 15.9 Å². The number of nitrogens with zero attached hydrogens (tertiary/aromatic N) is 2. The van der Waals surface area contributed by atoms with Crippen LogP contribution < -0.4 is 5.73 Å². The van der Waals surface area contributed by atoms with Gasteiger partial charge >= 0.3 is 0 Å². The van der Waals surface area contributed by atoms with Crippen LogP contribution in [0.2, 0.25) is 0 Å². The van der Waals surface area contributed by atoms with Gasteiger partial charge in [0.05, 0.1) is 11.1 Å². The van der Waals surface area contributed by atoms with Crippen LogP contribution in [0, 0.1) is 12.8 Å². The summed E-state index contributed by atoms with van der Waals surface area (Å²) < 4.78 is 0.955. The Hall–Kier alpha value is -1.46. The van der Waals surface area contributed by atoms with E-state index in [0.717, 1.165) is 46.1 Å². The first-order chi connectivity index (χ1) is 10.1. The average molecular weight is 348 g/mol. The van der Waals surface area contributed by atoms with E-state index >= 15 is 0 Å². The first-order valence-electron chi connectivity index (χ1n) is 7.14. The first kappa shape index (κ1) is 14.5. The molecule has 5 heteroatoms. The van der Waals surface area contributed by atoms with Gasteiger partial charge in [0.15, 0.2) is 0 Å². The molecule has 1 aliphatic heterocycles. The lowest BCUT2D eigenvalue weighted by atomic mass is 10.1. The minimum absolute atomic E-state index is 0.0829. The number of hydrogen-bond acceptors (Lipinski definition) is 3. The molecule has 2 aromatic rings. The Kier molecular flexibility index (Phi) is 3.95. The van der Waals surface area contributed by atoms with Crippen LogP contribution >= 0.6 is 15.9 Å². The van der Waals surface area contributed by atoms with E-state index in [4.69, 9.17) is 5.73 Å². The van der Waals surface area contributed by atoms with Crippen molar-refractivity contribution in [2.75, 3.05) is 19.6 Å². The molecule has 0 radical (unpaired) electrons. The molecule has 3 rings (SSSR count). The molecule has 2 heterocycles. The Morgan fingerprint density at radius 3 is 3.00 bits per heavy atom. The Labute approximate surface area is 132 Å². The summed E-state index contributed by atoms with van der Waals surface area (Å²) in [4.78, 5) is 19.2. The van der Waals surface area contributed by atoms with E-state index in [1.165, 1.54) is 0 Å². The van der Waals surface area contributed by atoms with Crippen LogP contribution in [-0.4, -0.2) is 35.4 Å². The number of carbonyl (C=O) groups is 1. The molecule has 0 bridgehead atoms. The van der Waals surface area contributed by atoms with Crippen molar-refractivity contribution in [3.63, 3.8) is 0 Å². The monoisotopic (exact) mass is 347 g/mol. The summed E-state index contributed by atoms with van der Waals surface area (Å²) >= 11 is 3.47. The third-order valence-electron chi connectivity index (χ3n) is 4.04. The molecule has 0 unspecified atom stereocenters. The van der Waals surface area contributed by atoms with E-state index in [9.17, 15) is 4.79 Å². The van der Waals surface area contributed by atoms with Crippen LogP contribution in [-0.2, 0) is 0 Å². The molecule has 21 heavy (non-hydrogen) atoms. The van der Waals surface area contributed by atoms with E-state index in [1.54, 1.807) is 0 Å². The van der Waals surface area contributed by atoms with Gasteiger partial charge in [0.2, 0.25) is 0 Å². The van der Waals surface area contributed by atoms with Crippen LogP contribution in [0.5, 0.6) is 0 Å². The molecule has 0 saturated carbocycles. The van der Waals surface area contributed by atoms with E-state index < -0.39 is 0 Å². The average Bonchev–Trinajstić information content (AvgIpc) is 2.95. The van der Waals surface area contributed by atoms with Gasteiger partial charge in [-0.05, 0) is 50.1 Å². The minimum Gasteiger partial charge on any atom is -0.338 e. The lowest BCUT2D eigenvalue weighted by Crippen LogP contribution is -2.30. The topological polar surface area (TPSA) is 59.2 Å². The predicted molar refractivity (Wildman–Crippen MR) is 87.2 cm³/mol. The highest BCUT2D eigenvalue weighted by Gasteiger charge is 2.27. The number of benzene rings is 1. The second-order valence-corrected chi connectivity index (χ2v) is 6.53. The number of hydrogen-bond donors (Lipinski definition) is 1. The standard InChI is InChI=1S/C16H18BrN3O/c1-10-6-14(13-7-12(17)2-3-15(13)19-10)16(21)20-5-4-11(8-18)9-20/h2-3,6-7,11H,4-5,8-9,18H2,1H3/t11-/m1/s1. The zero-order chi connectivity index (χ0) is 15.0. The van der Waals surface area contributed by atoms with Crippen molar-refractivity contribution in [2.24, 2.45) is 11.7 Å². The molecule has 1 aromatic heterocycles. The number of amides is 1. The molecule has 0 spiro atoms. The van der Waals surface area contributed by atoms with Gasteiger partial charge in [-0.3, -0.25) is 9.78 Å². The lowest BCUT2D eigenvalue weighted by Gasteiger charge is -2.18. The van der Waals surface area contributed by atoms with Gasteiger partial charge in [-0.25, -0.2) is 0 Å². The number of pyridine rings is 1. The summed E-state index contributed by atoms with van der Waals surface area (Å²) in [7, 11) is 0. The van der Waals surface area contributed by atoms with Crippen LogP contribution in [0.3, 0.4) is 0 Å². The number of carbonyl (C=O) groups excluding carboxylic acids is 1. The third-order valence-corrected chi connectivity index (χ3v) is 4.53. The van der Waals surface area contributed by atoms with Crippen molar-refractivity contribution in [1.29, 1.82) is 0 Å². The summed E-state index contributed by atoms with van der Waals surface area (Å²) in [5.74, 6) is 0.509. The fourth-order valence-corrected chi connectivity index (χ4v) is 3.25.